The Hall–Kier alpha value is -3.68. The summed E-state index contributed by atoms with van der Waals surface area (Å²) in [4.78, 5) is 41.2. The number of hydrogen-bond acceptors (Lipinski definition) is 4. The summed E-state index contributed by atoms with van der Waals surface area (Å²) in [6, 6.07) is 19.2. The van der Waals surface area contributed by atoms with Crippen molar-refractivity contribution in [3.05, 3.63) is 99.9 Å². The van der Waals surface area contributed by atoms with E-state index in [9.17, 15) is 18.8 Å². The quantitative estimate of drug-likeness (QED) is 0.451. The van der Waals surface area contributed by atoms with Gasteiger partial charge >= 0.3 is 0 Å². The molecule has 0 atom stereocenters. The van der Waals surface area contributed by atoms with Gasteiger partial charge in [0.1, 0.15) is 16.5 Å². The van der Waals surface area contributed by atoms with Crippen molar-refractivity contribution in [1.29, 1.82) is 0 Å². The Morgan fingerprint density at radius 1 is 0.971 bits per heavy atom. The van der Waals surface area contributed by atoms with Crippen LogP contribution < -0.4 is 15.1 Å². The maximum Gasteiger partial charge on any atom is 0.283 e. The number of amides is 3. The van der Waals surface area contributed by atoms with Crippen molar-refractivity contribution in [2.45, 2.75) is 6.92 Å². The second kappa shape index (κ2) is 9.67. The van der Waals surface area contributed by atoms with E-state index in [2.05, 4.69) is 5.32 Å². The Labute approximate surface area is 205 Å². The number of rotatable bonds is 6. The molecule has 0 radical (unpaired) electrons. The Morgan fingerprint density at radius 3 is 2.38 bits per heavy atom. The average Bonchev–Trinajstić information content (AvgIpc) is 3.05. The van der Waals surface area contributed by atoms with E-state index in [0.717, 1.165) is 16.7 Å². The largest absolute Gasteiger partial charge is 0.350 e. The van der Waals surface area contributed by atoms with Crippen LogP contribution in [-0.4, -0.2) is 24.3 Å². The van der Waals surface area contributed by atoms with E-state index in [1.165, 1.54) is 12.1 Å². The summed E-state index contributed by atoms with van der Waals surface area (Å²) in [5.41, 5.74) is 1.45. The minimum Gasteiger partial charge on any atom is -0.350 e. The van der Waals surface area contributed by atoms with E-state index in [1.54, 1.807) is 29.2 Å². The first-order valence-electron chi connectivity index (χ1n) is 10.3. The number of hydrogen-bond donors (Lipinski definition) is 1. The highest BCUT2D eigenvalue weighted by molar-refractivity contribution is 6.53. The minimum absolute atomic E-state index is 0.0849. The zero-order valence-corrected chi connectivity index (χ0v) is 19.4. The molecule has 34 heavy (non-hydrogen) atoms. The molecule has 9 heteroatoms. The van der Waals surface area contributed by atoms with Gasteiger partial charge in [0.15, 0.2) is 0 Å². The number of benzene rings is 3. The standard InChI is InChI=1S/C25H18Cl2FN3O3/c1-2-30(17-9-4-3-5-10-17)23(32)15-7-6-8-16(13-15)29-22-21(27)24(33)31(25(22)34)18-11-12-20(28)19(26)14-18/h3-14,29H,2H2,1H3. The van der Waals surface area contributed by atoms with Crippen LogP contribution in [0.1, 0.15) is 17.3 Å². The van der Waals surface area contributed by atoms with Gasteiger partial charge in [-0.3, -0.25) is 14.4 Å². The molecule has 1 N–H and O–H groups in total. The van der Waals surface area contributed by atoms with Crippen molar-refractivity contribution < 1.29 is 18.8 Å². The van der Waals surface area contributed by atoms with Gasteiger partial charge in [0, 0.05) is 23.5 Å². The van der Waals surface area contributed by atoms with Crippen LogP contribution in [0.4, 0.5) is 21.5 Å². The summed E-state index contributed by atoms with van der Waals surface area (Å²) in [7, 11) is 0. The normalized spacial score (nSPS) is 13.5. The Bertz CT molecular complexity index is 1330. The highest BCUT2D eigenvalue weighted by Gasteiger charge is 2.39. The summed E-state index contributed by atoms with van der Waals surface area (Å²) >= 11 is 12.0. The van der Waals surface area contributed by atoms with E-state index < -0.39 is 17.6 Å². The molecule has 6 nitrogen and oxygen atoms in total. The van der Waals surface area contributed by atoms with Gasteiger partial charge in [-0.15, -0.1) is 0 Å². The van der Waals surface area contributed by atoms with Gasteiger partial charge in [0.2, 0.25) is 0 Å². The van der Waals surface area contributed by atoms with Crippen LogP contribution in [0.2, 0.25) is 5.02 Å². The lowest BCUT2D eigenvalue weighted by atomic mass is 10.1. The summed E-state index contributed by atoms with van der Waals surface area (Å²) in [5, 5.41) is 2.28. The molecule has 0 saturated carbocycles. The molecule has 1 heterocycles. The smallest absolute Gasteiger partial charge is 0.283 e. The van der Waals surface area contributed by atoms with Crippen molar-refractivity contribution >= 4 is 58.0 Å². The molecule has 1 aliphatic rings. The molecule has 0 spiro atoms. The molecule has 0 saturated heterocycles. The number of imide groups is 1. The molecule has 3 aromatic rings. The van der Waals surface area contributed by atoms with E-state index in [0.29, 0.717) is 17.8 Å². The van der Waals surface area contributed by atoms with Gasteiger partial charge in [0.05, 0.1) is 10.7 Å². The topological polar surface area (TPSA) is 69.7 Å². The SMILES string of the molecule is CCN(C(=O)c1cccc(NC2=C(Cl)C(=O)N(c3ccc(F)c(Cl)c3)C2=O)c1)c1ccccc1. The van der Waals surface area contributed by atoms with Crippen LogP contribution in [0.5, 0.6) is 0 Å². The lowest BCUT2D eigenvalue weighted by Crippen LogP contribution is -2.32. The molecule has 0 aromatic heterocycles. The summed E-state index contributed by atoms with van der Waals surface area (Å²) in [5.74, 6) is -2.41. The third-order valence-corrected chi connectivity index (χ3v) is 5.84. The van der Waals surface area contributed by atoms with Crippen molar-refractivity contribution in [1.82, 2.24) is 0 Å². The van der Waals surface area contributed by atoms with Gasteiger partial charge in [-0.2, -0.15) is 0 Å². The number of nitrogens with one attached hydrogen (secondary N) is 1. The molecule has 0 bridgehead atoms. The Balaban J connectivity index is 1.59. The number of para-hydroxylation sites is 1. The van der Waals surface area contributed by atoms with E-state index in [4.69, 9.17) is 23.2 Å². The summed E-state index contributed by atoms with van der Waals surface area (Å²) < 4.78 is 13.5. The molecule has 3 aromatic carbocycles. The summed E-state index contributed by atoms with van der Waals surface area (Å²) in [6.45, 7) is 2.33. The number of anilines is 3. The second-order valence-electron chi connectivity index (χ2n) is 7.32. The van der Waals surface area contributed by atoms with Gasteiger partial charge < -0.3 is 10.2 Å². The van der Waals surface area contributed by atoms with Crippen molar-refractivity contribution in [3.8, 4) is 0 Å². The molecule has 172 valence electrons. The van der Waals surface area contributed by atoms with Crippen molar-refractivity contribution in [2.24, 2.45) is 0 Å². The first-order valence-corrected chi connectivity index (χ1v) is 11.0. The first kappa shape index (κ1) is 23.5. The van der Waals surface area contributed by atoms with Crippen LogP contribution in [-0.2, 0) is 9.59 Å². The average molecular weight is 498 g/mol. The monoisotopic (exact) mass is 497 g/mol. The fourth-order valence-corrected chi connectivity index (χ4v) is 3.94. The fourth-order valence-electron chi connectivity index (χ4n) is 3.55. The molecule has 4 rings (SSSR count). The third kappa shape index (κ3) is 4.40. The van der Waals surface area contributed by atoms with Gasteiger partial charge in [0.25, 0.3) is 17.7 Å². The molecule has 0 fully saturated rings. The predicted octanol–water partition coefficient (Wildman–Crippen LogP) is 5.58. The molecular weight excluding hydrogens is 480 g/mol. The van der Waals surface area contributed by atoms with Crippen LogP contribution in [0, 0.1) is 5.82 Å². The van der Waals surface area contributed by atoms with Crippen molar-refractivity contribution in [2.75, 3.05) is 21.7 Å². The molecular formula is C25H18Cl2FN3O3. The third-order valence-electron chi connectivity index (χ3n) is 5.20. The Kier molecular flexibility index (Phi) is 6.68. The zero-order valence-electron chi connectivity index (χ0n) is 17.9. The lowest BCUT2D eigenvalue weighted by molar-refractivity contribution is -0.120. The molecule has 0 aliphatic carbocycles. The first-order chi connectivity index (χ1) is 16.3. The number of carbonyl (C=O) groups excluding carboxylic acids is 3. The highest BCUT2D eigenvalue weighted by Crippen LogP contribution is 2.32. The maximum atomic E-state index is 13.5. The van der Waals surface area contributed by atoms with E-state index >= 15 is 0 Å². The van der Waals surface area contributed by atoms with Crippen LogP contribution in [0.25, 0.3) is 0 Å². The zero-order chi connectivity index (χ0) is 24.4. The van der Waals surface area contributed by atoms with Crippen LogP contribution in [0.15, 0.2) is 83.5 Å². The van der Waals surface area contributed by atoms with E-state index in [1.807, 2.05) is 37.3 Å². The fraction of sp³-hybridized carbons (Fsp3) is 0.0800. The number of carbonyl (C=O) groups is 3. The Morgan fingerprint density at radius 2 is 1.71 bits per heavy atom. The van der Waals surface area contributed by atoms with Crippen LogP contribution in [0.3, 0.4) is 0 Å². The van der Waals surface area contributed by atoms with Gasteiger partial charge in [-0.05, 0) is 55.5 Å². The van der Waals surface area contributed by atoms with Crippen LogP contribution >= 0.6 is 23.2 Å². The lowest BCUT2D eigenvalue weighted by Gasteiger charge is -2.21. The van der Waals surface area contributed by atoms with E-state index in [-0.39, 0.29) is 27.3 Å². The molecule has 0 unspecified atom stereocenters. The molecule has 1 aliphatic heterocycles. The van der Waals surface area contributed by atoms with Gasteiger partial charge in [-0.25, -0.2) is 9.29 Å². The molecule has 3 amide bonds. The maximum absolute atomic E-state index is 13.5. The number of halogens is 3. The number of nitrogens with zero attached hydrogens (tertiary/aromatic N) is 2. The van der Waals surface area contributed by atoms with Gasteiger partial charge in [-0.1, -0.05) is 47.5 Å². The summed E-state index contributed by atoms with van der Waals surface area (Å²) in [6.07, 6.45) is 0. The van der Waals surface area contributed by atoms with Crippen molar-refractivity contribution in [3.63, 3.8) is 0 Å². The highest BCUT2D eigenvalue weighted by atomic mass is 35.5. The second-order valence-corrected chi connectivity index (χ2v) is 8.11. The minimum atomic E-state index is -0.773. The predicted molar refractivity (Wildman–Crippen MR) is 131 cm³/mol.